The number of benzene rings is 3. The zero-order valence-corrected chi connectivity index (χ0v) is 23.0. The van der Waals surface area contributed by atoms with Crippen molar-refractivity contribution in [2.45, 2.75) is 26.7 Å². The largest absolute Gasteiger partial charge is 0.494 e. The van der Waals surface area contributed by atoms with Crippen molar-refractivity contribution in [3.63, 3.8) is 0 Å². The summed E-state index contributed by atoms with van der Waals surface area (Å²) in [6, 6.07) is 23.8. The van der Waals surface area contributed by atoms with Gasteiger partial charge in [0.2, 0.25) is 0 Å². The van der Waals surface area contributed by atoms with Crippen LogP contribution < -0.4 is 15.2 Å². The monoisotopic (exact) mass is 526 g/mol. The summed E-state index contributed by atoms with van der Waals surface area (Å²) >= 11 is 0. The van der Waals surface area contributed by atoms with Crippen LogP contribution in [-0.4, -0.2) is 67.2 Å². The maximum Gasteiger partial charge on any atom is 0.279 e. The lowest BCUT2D eigenvalue weighted by atomic mass is 10.0. The van der Waals surface area contributed by atoms with Gasteiger partial charge in [-0.25, -0.2) is 0 Å². The van der Waals surface area contributed by atoms with Crippen LogP contribution in [0.15, 0.2) is 77.6 Å². The molecule has 1 aromatic heterocycles. The van der Waals surface area contributed by atoms with E-state index < -0.39 is 0 Å². The molecule has 4 aromatic rings. The number of hydrogen-bond acceptors (Lipinski definition) is 6. The maximum atomic E-state index is 13.4. The third-order valence-electron chi connectivity index (χ3n) is 7.40. The number of hydrogen-bond donors (Lipinski definition) is 0. The highest BCUT2D eigenvalue weighted by atomic mass is 16.5. The van der Waals surface area contributed by atoms with E-state index in [1.54, 1.807) is 0 Å². The smallest absolute Gasteiger partial charge is 0.279 e. The van der Waals surface area contributed by atoms with E-state index in [4.69, 9.17) is 14.6 Å². The molecular formula is C32H38N4O3. The SMILES string of the molecule is CCN(CC)c1ccc(-n2nc(-c3ccc(OCCCCN4CCOCC4)cc3)c3ccccc3c2=O)cc1. The van der Waals surface area contributed by atoms with E-state index in [1.807, 2.05) is 60.7 Å². The molecule has 204 valence electrons. The number of morpholine rings is 1. The van der Waals surface area contributed by atoms with Gasteiger partial charge in [-0.2, -0.15) is 9.78 Å². The Bertz CT molecular complexity index is 1410. The van der Waals surface area contributed by atoms with Crippen LogP contribution in [0.1, 0.15) is 26.7 Å². The molecule has 0 unspecified atom stereocenters. The molecule has 5 rings (SSSR count). The average molecular weight is 527 g/mol. The Balaban J connectivity index is 1.33. The van der Waals surface area contributed by atoms with Gasteiger partial charge in [-0.3, -0.25) is 9.69 Å². The van der Waals surface area contributed by atoms with Crippen molar-refractivity contribution in [3.8, 4) is 22.7 Å². The lowest BCUT2D eigenvalue weighted by molar-refractivity contribution is 0.0368. The number of unbranched alkanes of at least 4 members (excludes halogenated alkanes) is 1. The van der Waals surface area contributed by atoms with Crippen LogP contribution >= 0.6 is 0 Å². The van der Waals surface area contributed by atoms with E-state index in [9.17, 15) is 4.79 Å². The topological polar surface area (TPSA) is 59.8 Å². The molecular weight excluding hydrogens is 488 g/mol. The van der Waals surface area contributed by atoms with Crippen LogP contribution in [0, 0.1) is 0 Å². The van der Waals surface area contributed by atoms with E-state index in [1.165, 1.54) is 4.68 Å². The number of nitrogens with zero attached hydrogens (tertiary/aromatic N) is 4. The van der Waals surface area contributed by atoms with Crippen LogP contribution in [0.3, 0.4) is 0 Å². The molecule has 7 heteroatoms. The molecule has 1 fully saturated rings. The van der Waals surface area contributed by atoms with Gasteiger partial charge in [-0.1, -0.05) is 18.2 Å². The van der Waals surface area contributed by atoms with Crippen molar-refractivity contribution in [2.24, 2.45) is 0 Å². The summed E-state index contributed by atoms with van der Waals surface area (Å²) in [7, 11) is 0. The number of rotatable bonds is 11. The number of ether oxygens (including phenoxy) is 2. The predicted octanol–water partition coefficient (Wildman–Crippen LogP) is 5.39. The van der Waals surface area contributed by atoms with E-state index in [0.29, 0.717) is 12.0 Å². The Morgan fingerprint density at radius 2 is 1.56 bits per heavy atom. The second kappa shape index (κ2) is 12.9. The predicted molar refractivity (Wildman–Crippen MR) is 158 cm³/mol. The number of fused-ring (bicyclic) bond motifs is 1. The van der Waals surface area contributed by atoms with E-state index in [2.05, 4.69) is 35.8 Å². The lowest BCUT2D eigenvalue weighted by Crippen LogP contribution is -2.36. The zero-order valence-electron chi connectivity index (χ0n) is 23.0. The Morgan fingerprint density at radius 1 is 0.872 bits per heavy atom. The van der Waals surface area contributed by atoms with Crippen molar-refractivity contribution in [1.29, 1.82) is 0 Å². The van der Waals surface area contributed by atoms with Crippen molar-refractivity contribution in [3.05, 3.63) is 83.2 Å². The Hall–Kier alpha value is -3.68. The summed E-state index contributed by atoms with van der Waals surface area (Å²) < 4.78 is 12.9. The molecule has 7 nitrogen and oxygen atoms in total. The van der Waals surface area contributed by atoms with E-state index >= 15 is 0 Å². The fourth-order valence-electron chi connectivity index (χ4n) is 5.13. The summed E-state index contributed by atoms with van der Waals surface area (Å²) in [6.45, 7) is 11.7. The molecule has 1 aliphatic heterocycles. The molecule has 3 aromatic carbocycles. The van der Waals surface area contributed by atoms with Gasteiger partial charge in [0.05, 0.1) is 36.6 Å². The van der Waals surface area contributed by atoms with Crippen LogP contribution in [-0.2, 0) is 4.74 Å². The average Bonchev–Trinajstić information content (AvgIpc) is 2.99. The minimum Gasteiger partial charge on any atom is -0.494 e. The number of anilines is 1. The molecule has 0 radical (unpaired) electrons. The van der Waals surface area contributed by atoms with Crippen molar-refractivity contribution < 1.29 is 9.47 Å². The van der Waals surface area contributed by atoms with E-state index in [-0.39, 0.29) is 5.56 Å². The molecule has 0 spiro atoms. The van der Waals surface area contributed by atoms with Gasteiger partial charge < -0.3 is 14.4 Å². The second-order valence-corrected chi connectivity index (χ2v) is 9.83. The Morgan fingerprint density at radius 3 is 2.26 bits per heavy atom. The minimum atomic E-state index is -0.123. The number of aromatic nitrogens is 2. The Labute approximate surface area is 230 Å². The first-order chi connectivity index (χ1) is 19.2. The molecule has 0 amide bonds. The van der Waals surface area contributed by atoms with Crippen LogP contribution in [0.25, 0.3) is 27.7 Å². The summed E-state index contributed by atoms with van der Waals surface area (Å²) in [4.78, 5) is 18.2. The maximum absolute atomic E-state index is 13.4. The Kier molecular flexibility index (Phi) is 8.91. The first kappa shape index (κ1) is 26.9. The van der Waals surface area contributed by atoms with Crippen molar-refractivity contribution in [1.82, 2.24) is 14.7 Å². The summed E-state index contributed by atoms with van der Waals surface area (Å²) in [5, 5.41) is 6.34. The highest BCUT2D eigenvalue weighted by Gasteiger charge is 2.14. The van der Waals surface area contributed by atoms with Gasteiger partial charge >= 0.3 is 0 Å². The second-order valence-electron chi connectivity index (χ2n) is 9.83. The van der Waals surface area contributed by atoms with E-state index in [0.717, 1.165) is 92.5 Å². The first-order valence-corrected chi connectivity index (χ1v) is 14.1. The van der Waals surface area contributed by atoms with Gasteiger partial charge in [-0.05, 0) is 87.8 Å². The normalized spacial score (nSPS) is 14.0. The summed E-state index contributed by atoms with van der Waals surface area (Å²) in [5.41, 5.74) is 3.48. The zero-order chi connectivity index (χ0) is 27.0. The summed E-state index contributed by atoms with van der Waals surface area (Å²) in [5.74, 6) is 0.842. The minimum absolute atomic E-state index is 0.123. The van der Waals surface area contributed by atoms with Gasteiger partial charge in [0.25, 0.3) is 5.56 Å². The van der Waals surface area contributed by atoms with Crippen LogP contribution in [0.4, 0.5) is 5.69 Å². The molecule has 0 N–H and O–H groups in total. The molecule has 0 atom stereocenters. The van der Waals surface area contributed by atoms with Gasteiger partial charge in [0.15, 0.2) is 0 Å². The molecule has 2 heterocycles. The molecule has 0 aliphatic carbocycles. The lowest BCUT2D eigenvalue weighted by Gasteiger charge is -2.26. The van der Waals surface area contributed by atoms with Crippen LogP contribution in [0.2, 0.25) is 0 Å². The molecule has 39 heavy (non-hydrogen) atoms. The third-order valence-corrected chi connectivity index (χ3v) is 7.40. The third kappa shape index (κ3) is 6.32. The fourth-order valence-corrected chi connectivity index (χ4v) is 5.13. The fraction of sp³-hybridized carbons (Fsp3) is 0.375. The van der Waals surface area contributed by atoms with Crippen molar-refractivity contribution >= 4 is 16.5 Å². The van der Waals surface area contributed by atoms with Gasteiger partial charge in [0, 0.05) is 42.8 Å². The van der Waals surface area contributed by atoms with Gasteiger partial charge in [0.1, 0.15) is 5.75 Å². The summed E-state index contributed by atoms with van der Waals surface area (Å²) in [6.07, 6.45) is 2.13. The van der Waals surface area contributed by atoms with Crippen LogP contribution in [0.5, 0.6) is 5.75 Å². The highest BCUT2D eigenvalue weighted by molar-refractivity contribution is 5.94. The van der Waals surface area contributed by atoms with Gasteiger partial charge in [-0.15, -0.1) is 0 Å². The molecule has 1 aliphatic rings. The first-order valence-electron chi connectivity index (χ1n) is 14.1. The highest BCUT2D eigenvalue weighted by Crippen LogP contribution is 2.27. The standard InChI is InChI=1S/C32H38N4O3/c1-3-35(4-2)26-13-15-27(16-14-26)36-32(37)30-10-6-5-9-29(30)31(33-36)25-11-17-28(18-12-25)39-22-8-7-19-34-20-23-38-24-21-34/h5-6,9-18H,3-4,7-8,19-24H2,1-2H3. The molecule has 0 bridgehead atoms. The molecule has 1 saturated heterocycles. The molecule has 0 saturated carbocycles. The quantitative estimate of drug-likeness (QED) is 0.244. The van der Waals surface area contributed by atoms with Crippen molar-refractivity contribution in [2.75, 3.05) is 57.4 Å².